The molecule has 47 heavy (non-hydrogen) atoms. The van der Waals surface area contributed by atoms with Crippen LogP contribution in [-0.2, 0) is 0 Å². The molecule has 0 fully saturated rings. The van der Waals surface area contributed by atoms with Crippen molar-refractivity contribution in [2.24, 2.45) is 0 Å². The van der Waals surface area contributed by atoms with E-state index in [4.69, 9.17) is 0 Å². The SMILES string of the molecule is CCCCB(CCCC)n1c(C(=O)c2ccc(I)cc2)ccc1C(c1ccc(C(=O)c2ccc(C)cc2)[nH]1)c1c(C)cc(C)cc1C. The van der Waals surface area contributed by atoms with E-state index < -0.39 is 0 Å². The van der Waals surface area contributed by atoms with Gasteiger partial charge in [0.05, 0.1) is 17.3 Å². The Balaban J connectivity index is 1.73. The van der Waals surface area contributed by atoms with Crippen LogP contribution in [0.2, 0.25) is 12.6 Å². The van der Waals surface area contributed by atoms with Crippen molar-refractivity contribution in [3.8, 4) is 0 Å². The molecule has 5 aromatic rings. The van der Waals surface area contributed by atoms with Gasteiger partial charge in [0.25, 0.3) is 6.85 Å². The fourth-order valence-corrected chi connectivity index (χ4v) is 7.37. The Hall–Kier alpha value is -3.65. The molecule has 0 saturated heterocycles. The van der Waals surface area contributed by atoms with Crippen molar-refractivity contribution in [2.45, 2.75) is 85.8 Å². The number of carbonyl (C=O) groups is 2. The average Bonchev–Trinajstić information content (AvgIpc) is 3.71. The molecule has 242 valence electrons. The van der Waals surface area contributed by atoms with Crippen molar-refractivity contribution in [1.29, 1.82) is 0 Å². The zero-order valence-corrected chi connectivity index (χ0v) is 30.8. The maximum Gasteiger partial charge on any atom is 0.260 e. The van der Waals surface area contributed by atoms with E-state index in [9.17, 15) is 9.59 Å². The number of hydrogen-bond acceptors (Lipinski definition) is 2. The molecule has 4 nitrogen and oxygen atoms in total. The molecule has 0 aliphatic heterocycles. The Labute approximate surface area is 294 Å². The highest BCUT2D eigenvalue weighted by atomic mass is 127. The lowest BCUT2D eigenvalue weighted by atomic mass is 9.53. The Morgan fingerprint density at radius 1 is 0.723 bits per heavy atom. The molecule has 0 bridgehead atoms. The summed E-state index contributed by atoms with van der Waals surface area (Å²) in [7, 11) is 0. The van der Waals surface area contributed by atoms with Crippen LogP contribution < -0.4 is 0 Å². The zero-order valence-electron chi connectivity index (χ0n) is 28.6. The number of benzene rings is 3. The summed E-state index contributed by atoms with van der Waals surface area (Å²) in [6, 6.07) is 28.3. The summed E-state index contributed by atoms with van der Waals surface area (Å²) in [5.41, 5.74) is 10.7. The number of nitrogens with zero attached hydrogens (tertiary/aromatic N) is 1. The number of halogens is 1. The lowest BCUT2D eigenvalue weighted by molar-refractivity contribution is 0.102. The smallest absolute Gasteiger partial charge is 0.260 e. The highest BCUT2D eigenvalue weighted by molar-refractivity contribution is 14.1. The summed E-state index contributed by atoms with van der Waals surface area (Å²) in [6.45, 7) is 13.2. The minimum atomic E-state index is -0.195. The summed E-state index contributed by atoms with van der Waals surface area (Å²) in [6.07, 6.45) is 6.39. The molecule has 0 aliphatic rings. The van der Waals surface area contributed by atoms with Crippen molar-refractivity contribution in [3.05, 3.63) is 150 Å². The van der Waals surface area contributed by atoms with Crippen LogP contribution >= 0.6 is 22.6 Å². The van der Waals surface area contributed by atoms with Crippen molar-refractivity contribution in [3.63, 3.8) is 0 Å². The monoisotopic (exact) mass is 736 g/mol. The molecule has 1 N–H and O–H groups in total. The van der Waals surface area contributed by atoms with Crippen LogP contribution in [-0.4, -0.2) is 27.9 Å². The predicted octanol–water partition coefficient (Wildman–Crippen LogP) is 10.7. The van der Waals surface area contributed by atoms with Gasteiger partial charge in [0, 0.05) is 26.1 Å². The third-order valence-electron chi connectivity index (χ3n) is 9.34. The van der Waals surface area contributed by atoms with E-state index in [0.29, 0.717) is 16.8 Å². The Bertz CT molecular complexity index is 1820. The van der Waals surface area contributed by atoms with Gasteiger partial charge < -0.3 is 9.46 Å². The summed E-state index contributed by atoms with van der Waals surface area (Å²) in [5.74, 6) is -0.177. The number of H-pyrrole nitrogens is 1. The van der Waals surface area contributed by atoms with Gasteiger partial charge in [0.2, 0.25) is 11.6 Å². The number of nitrogens with one attached hydrogen (secondary N) is 1. The molecule has 0 radical (unpaired) electrons. The molecular weight excluding hydrogens is 690 g/mol. The van der Waals surface area contributed by atoms with Crippen LogP contribution in [0, 0.1) is 31.3 Å². The quantitative estimate of drug-likeness (QED) is 0.0701. The minimum Gasteiger partial charge on any atom is -0.386 e. The van der Waals surface area contributed by atoms with E-state index in [-0.39, 0.29) is 24.3 Å². The van der Waals surface area contributed by atoms with Gasteiger partial charge in [0.1, 0.15) is 0 Å². The second-order valence-corrected chi connectivity index (χ2v) is 14.3. The molecule has 6 heteroatoms. The first-order valence-electron chi connectivity index (χ1n) is 17.0. The molecule has 5 rings (SSSR count). The van der Waals surface area contributed by atoms with E-state index in [0.717, 1.165) is 64.5 Å². The van der Waals surface area contributed by atoms with Gasteiger partial charge in [0.15, 0.2) is 0 Å². The molecule has 2 heterocycles. The number of rotatable bonds is 14. The standard InChI is InChI=1S/C41H46BIN2O2/c1-7-9-23-42(24-10-8-2)45-36(21-22-37(45)41(47)32-15-17-33(43)18-16-32)39(38-29(5)25-28(4)26-30(38)6)34-19-20-35(44-34)40(46)31-13-11-27(3)12-14-31/h11-22,25-26,39,44H,7-10,23-24H2,1-6H3. The Morgan fingerprint density at radius 3 is 1.89 bits per heavy atom. The van der Waals surface area contributed by atoms with Crippen molar-refractivity contribution in [2.75, 3.05) is 0 Å². The highest BCUT2D eigenvalue weighted by Gasteiger charge is 2.32. The van der Waals surface area contributed by atoms with Crippen LogP contribution in [0.15, 0.2) is 84.9 Å². The number of hydrogen-bond donors (Lipinski definition) is 1. The van der Waals surface area contributed by atoms with E-state index >= 15 is 0 Å². The van der Waals surface area contributed by atoms with E-state index in [1.807, 2.05) is 67.6 Å². The van der Waals surface area contributed by atoms with Gasteiger partial charge in [-0.15, -0.1) is 0 Å². The number of ketones is 2. The minimum absolute atomic E-state index is 0.0268. The first-order chi connectivity index (χ1) is 22.6. The lowest BCUT2D eigenvalue weighted by Gasteiger charge is -2.28. The first kappa shape index (κ1) is 34.7. The van der Waals surface area contributed by atoms with Gasteiger partial charge >= 0.3 is 0 Å². The zero-order chi connectivity index (χ0) is 33.7. The molecular formula is C41H46BIN2O2. The maximum absolute atomic E-state index is 14.3. The number of aromatic nitrogens is 2. The van der Waals surface area contributed by atoms with E-state index in [1.54, 1.807) is 0 Å². The second-order valence-electron chi connectivity index (χ2n) is 13.1. The number of aromatic amines is 1. The number of unbranched alkanes of at least 4 members (excludes halogenated alkanes) is 2. The van der Waals surface area contributed by atoms with Gasteiger partial charge in [-0.1, -0.05) is 99.7 Å². The van der Waals surface area contributed by atoms with Gasteiger partial charge in [-0.3, -0.25) is 9.59 Å². The summed E-state index contributed by atoms with van der Waals surface area (Å²) >= 11 is 2.28. The van der Waals surface area contributed by atoms with Gasteiger partial charge in [-0.25, -0.2) is 0 Å². The van der Waals surface area contributed by atoms with Crippen molar-refractivity contribution >= 4 is 41.0 Å². The normalized spacial score (nSPS) is 11.9. The van der Waals surface area contributed by atoms with Gasteiger partial charge in [-0.05, 0) is 116 Å². The molecule has 1 unspecified atom stereocenters. The lowest BCUT2D eigenvalue weighted by Crippen LogP contribution is -2.31. The highest BCUT2D eigenvalue weighted by Crippen LogP contribution is 2.38. The average molecular weight is 737 g/mol. The Morgan fingerprint density at radius 2 is 1.30 bits per heavy atom. The molecule has 1 atom stereocenters. The molecule has 2 aromatic heterocycles. The Kier molecular flexibility index (Phi) is 11.4. The number of carbonyl (C=O) groups excluding carboxylic acids is 2. The molecule has 3 aromatic carbocycles. The summed E-state index contributed by atoms with van der Waals surface area (Å²) in [5, 5.41) is 0. The molecule has 0 spiro atoms. The van der Waals surface area contributed by atoms with Crippen molar-refractivity contribution in [1.82, 2.24) is 9.46 Å². The summed E-state index contributed by atoms with van der Waals surface area (Å²) in [4.78, 5) is 31.5. The third kappa shape index (κ3) is 7.75. The topological polar surface area (TPSA) is 54.9 Å². The summed E-state index contributed by atoms with van der Waals surface area (Å²) < 4.78 is 3.48. The largest absolute Gasteiger partial charge is 0.386 e. The first-order valence-corrected chi connectivity index (χ1v) is 18.1. The van der Waals surface area contributed by atoms with Crippen molar-refractivity contribution < 1.29 is 9.59 Å². The fraction of sp³-hybridized carbons (Fsp3) is 0.317. The fourth-order valence-electron chi connectivity index (χ4n) is 7.01. The molecule has 0 amide bonds. The van der Waals surface area contributed by atoms with Crippen LogP contribution in [0.4, 0.5) is 0 Å². The van der Waals surface area contributed by atoms with Crippen LogP contribution in [0.3, 0.4) is 0 Å². The molecule has 0 saturated carbocycles. The maximum atomic E-state index is 14.3. The van der Waals surface area contributed by atoms with Crippen LogP contribution in [0.25, 0.3) is 0 Å². The van der Waals surface area contributed by atoms with E-state index in [2.05, 4.69) is 90.9 Å². The number of aryl methyl sites for hydroxylation is 4. The van der Waals surface area contributed by atoms with E-state index in [1.165, 1.54) is 22.3 Å². The third-order valence-corrected chi connectivity index (χ3v) is 10.1. The second kappa shape index (κ2) is 15.5. The van der Waals surface area contributed by atoms with Gasteiger partial charge in [-0.2, -0.15) is 0 Å². The van der Waals surface area contributed by atoms with Crippen LogP contribution in [0.5, 0.6) is 0 Å². The molecule has 0 aliphatic carbocycles. The predicted molar refractivity (Wildman–Crippen MR) is 205 cm³/mol. The van der Waals surface area contributed by atoms with Crippen LogP contribution in [0.1, 0.15) is 117 Å².